The monoisotopic (exact) mass is 544 g/mol. The predicted molar refractivity (Wildman–Crippen MR) is 149 cm³/mol. The average Bonchev–Trinajstić information content (AvgIpc) is 2.96. The molecule has 4 rings (SSSR count). The molecule has 0 aliphatic carbocycles. The number of nitrogens with zero attached hydrogens (tertiary/aromatic N) is 2. The number of pyridine rings is 1. The quantitative estimate of drug-likeness (QED) is 0.292. The summed E-state index contributed by atoms with van der Waals surface area (Å²) in [5, 5.41) is 5.52. The van der Waals surface area contributed by atoms with Crippen molar-refractivity contribution < 1.29 is 22.7 Å². The first-order valence-corrected chi connectivity index (χ1v) is 13.7. The molecular weight excluding hydrogens is 516 g/mol. The lowest BCUT2D eigenvalue weighted by Gasteiger charge is -2.26. The van der Waals surface area contributed by atoms with Crippen LogP contribution in [0.4, 0.5) is 11.4 Å². The van der Waals surface area contributed by atoms with Gasteiger partial charge in [0.1, 0.15) is 12.3 Å². The van der Waals surface area contributed by atoms with Gasteiger partial charge in [-0.2, -0.15) is 0 Å². The molecule has 1 heterocycles. The summed E-state index contributed by atoms with van der Waals surface area (Å²) in [6.45, 7) is 1.80. The molecule has 0 atom stereocenters. The zero-order valence-corrected chi connectivity index (χ0v) is 22.1. The number of anilines is 2. The maximum absolute atomic E-state index is 13.7. The number of carbonyl (C=O) groups excluding carboxylic acids is 2. The lowest BCUT2D eigenvalue weighted by molar-refractivity contribution is -0.114. The molecule has 0 unspecified atom stereocenters. The summed E-state index contributed by atoms with van der Waals surface area (Å²) in [6, 6.07) is 24.6. The molecule has 0 radical (unpaired) electrons. The fraction of sp³-hybridized carbons (Fsp3) is 0.138. The number of carbonyl (C=O) groups is 2. The largest absolute Gasteiger partial charge is 0.492 e. The van der Waals surface area contributed by atoms with E-state index in [4.69, 9.17) is 4.74 Å². The minimum atomic E-state index is -4.14. The third-order valence-electron chi connectivity index (χ3n) is 5.67. The van der Waals surface area contributed by atoms with Gasteiger partial charge in [-0.15, -0.1) is 0 Å². The van der Waals surface area contributed by atoms with Crippen molar-refractivity contribution in [1.29, 1.82) is 0 Å². The molecule has 0 spiro atoms. The number of hydrogen-bond donors (Lipinski definition) is 2. The van der Waals surface area contributed by atoms with E-state index in [1.807, 2.05) is 6.07 Å². The lowest BCUT2D eigenvalue weighted by atomic mass is 10.1. The van der Waals surface area contributed by atoms with Crippen LogP contribution in [0.3, 0.4) is 0 Å². The van der Waals surface area contributed by atoms with Gasteiger partial charge in [0.15, 0.2) is 0 Å². The molecule has 39 heavy (non-hydrogen) atoms. The molecule has 0 bridgehead atoms. The van der Waals surface area contributed by atoms with Gasteiger partial charge in [-0.25, -0.2) is 8.42 Å². The first kappa shape index (κ1) is 27.3. The van der Waals surface area contributed by atoms with Crippen molar-refractivity contribution >= 4 is 33.2 Å². The molecule has 0 saturated heterocycles. The molecule has 9 nitrogen and oxygen atoms in total. The Hall–Kier alpha value is -4.70. The van der Waals surface area contributed by atoms with Gasteiger partial charge in [0, 0.05) is 18.9 Å². The molecular formula is C29H28N4O5S. The minimum absolute atomic E-state index is 0.0271. The molecule has 4 aromatic rings. The maximum atomic E-state index is 13.7. The van der Waals surface area contributed by atoms with E-state index in [9.17, 15) is 18.0 Å². The van der Waals surface area contributed by atoms with E-state index in [2.05, 4.69) is 15.6 Å². The molecule has 0 saturated carbocycles. The van der Waals surface area contributed by atoms with Crippen molar-refractivity contribution in [3.63, 3.8) is 0 Å². The van der Waals surface area contributed by atoms with Gasteiger partial charge in [-0.3, -0.25) is 18.9 Å². The number of amides is 2. The molecule has 3 aromatic carbocycles. The highest BCUT2D eigenvalue weighted by atomic mass is 32.2. The Morgan fingerprint density at radius 2 is 1.62 bits per heavy atom. The number of ether oxygens (including phenoxy) is 1. The van der Waals surface area contributed by atoms with Crippen LogP contribution < -0.4 is 19.7 Å². The van der Waals surface area contributed by atoms with Gasteiger partial charge in [0.25, 0.3) is 15.9 Å². The highest BCUT2D eigenvalue weighted by molar-refractivity contribution is 7.92. The van der Waals surface area contributed by atoms with E-state index in [1.165, 1.54) is 12.1 Å². The van der Waals surface area contributed by atoms with Gasteiger partial charge in [-0.05, 0) is 55.0 Å². The normalized spacial score (nSPS) is 10.9. The van der Waals surface area contributed by atoms with E-state index >= 15 is 0 Å². The third kappa shape index (κ3) is 6.79. The van der Waals surface area contributed by atoms with Crippen LogP contribution in [-0.4, -0.2) is 38.4 Å². The zero-order chi connectivity index (χ0) is 27.7. The third-order valence-corrected chi connectivity index (χ3v) is 7.45. The van der Waals surface area contributed by atoms with Crippen molar-refractivity contribution in [3.8, 4) is 5.75 Å². The summed E-state index contributed by atoms with van der Waals surface area (Å²) in [5.74, 6) is -0.707. The molecule has 0 aliphatic heterocycles. The molecule has 200 valence electrons. The maximum Gasteiger partial charge on any atom is 0.264 e. The number of hydrogen-bond acceptors (Lipinski definition) is 6. The van der Waals surface area contributed by atoms with Gasteiger partial charge >= 0.3 is 0 Å². The Morgan fingerprint density at radius 3 is 2.36 bits per heavy atom. The Bertz CT molecular complexity index is 1530. The molecule has 10 heteroatoms. The number of para-hydroxylation sites is 3. The molecule has 0 fully saturated rings. The number of sulfonamides is 1. The topological polar surface area (TPSA) is 118 Å². The van der Waals surface area contributed by atoms with E-state index in [-0.39, 0.29) is 28.4 Å². The highest BCUT2D eigenvalue weighted by Gasteiger charge is 2.29. The Balaban J connectivity index is 1.59. The summed E-state index contributed by atoms with van der Waals surface area (Å²) in [4.78, 5) is 30.3. The van der Waals surface area contributed by atoms with E-state index < -0.39 is 28.4 Å². The summed E-state index contributed by atoms with van der Waals surface area (Å²) < 4.78 is 34.1. The van der Waals surface area contributed by atoms with E-state index in [0.717, 1.165) is 9.87 Å². The fourth-order valence-electron chi connectivity index (χ4n) is 3.85. The zero-order valence-electron chi connectivity index (χ0n) is 21.3. The van der Waals surface area contributed by atoms with Crippen LogP contribution in [0, 0.1) is 0 Å². The molecule has 0 aliphatic rings. The van der Waals surface area contributed by atoms with Crippen LogP contribution >= 0.6 is 0 Å². The number of benzene rings is 3. The number of nitrogens with one attached hydrogen (secondary N) is 2. The molecule has 2 N–H and O–H groups in total. The Kier molecular flexibility index (Phi) is 8.90. The lowest BCUT2D eigenvalue weighted by Crippen LogP contribution is -2.38. The molecule has 1 aromatic heterocycles. The minimum Gasteiger partial charge on any atom is -0.492 e. The van der Waals surface area contributed by atoms with Crippen LogP contribution in [0.15, 0.2) is 108 Å². The van der Waals surface area contributed by atoms with E-state index in [0.29, 0.717) is 12.4 Å². The molecule has 2 amide bonds. The summed E-state index contributed by atoms with van der Waals surface area (Å²) in [7, 11) is -4.14. The van der Waals surface area contributed by atoms with Crippen LogP contribution in [-0.2, 0) is 21.4 Å². The smallest absolute Gasteiger partial charge is 0.264 e. The highest BCUT2D eigenvalue weighted by Crippen LogP contribution is 2.32. The van der Waals surface area contributed by atoms with Crippen LogP contribution in [0.1, 0.15) is 22.8 Å². The van der Waals surface area contributed by atoms with Gasteiger partial charge in [0.05, 0.1) is 28.4 Å². The van der Waals surface area contributed by atoms with Crippen LogP contribution in [0.5, 0.6) is 5.75 Å². The SMILES string of the molecule is CCOc1ccccc1N(CC(=O)Nc1ccccc1C(=O)NCc1cccnc1)S(=O)(=O)c1ccccc1. The van der Waals surface area contributed by atoms with Gasteiger partial charge in [-0.1, -0.05) is 48.5 Å². The first-order valence-electron chi connectivity index (χ1n) is 12.3. The van der Waals surface area contributed by atoms with Crippen molar-refractivity contribution in [2.45, 2.75) is 18.4 Å². The van der Waals surface area contributed by atoms with Gasteiger partial charge < -0.3 is 15.4 Å². The summed E-state index contributed by atoms with van der Waals surface area (Å²) in [5.41, 5.74) is 1.53. The van der Waals surface area contributed by atoms with Crippen molar-refractivity contribution in [2.75, 3.05) is 22.8 Å². The summed E-state index contributed by atoms with van der Waals surface area (Å²) >= 11 is 0. The Labute approximate surface area is 227 Å². The van der Waals surface area contributed by atoms with E-state index in [1.54, 1.807) is 92.1 Å². The van der Waals surface area contributed by atoms with Gasteiger partial charge in [0.2, 0.25) is 5.91 Å². The average molecular weight is 545 g/mol. The second-order valence-electron chi connectivity index (χ2n) is 8.36. The Morgan fingerprint density at radius 1 is 0.897 bits per heavy atom. The standard InChI is InChI=1S/C29H28N4O5S/c1-2-38-27-17-9-8-16-26(27)33(39(36,37)23-12-4-3-5-13-23)21-28(34)32-25-15-7-6-14-24(25)29(35)31-20-22-11-10-18-30-19-22/h3-19H,2,20-21H2,1H3,(H,31,35)(H,32,34). The van der Waals surface area contributed by atoms with Crippen LogP contribution in [0.2, 0.25) is 0 Å². The number of aromatic nitrogens is 1. The van der Waals surface area contributed by atoms with Crippen LogP contribution in [0.25, 0.3) is 0 Å². The second-order valence-corrected chi connectivity index (χ2v) is 10.2. The first-order chi connectivity index (χ1) is 18.9. The second kappa shape index (κ2) is 12.7. The predicted octanol–water partition coefficient (Wildman–Crippen LogP) is 4.24. The van der Waals surface area contributed by atoms with Crippen molar-refractivity contribution in [2.24, 2.45) is 0 Å². The van der Waals surface area contributed by atoms with Crippen molar-refractivity contribution in [1.82, 2.24) is 10.3 Å². The number of rotatable bonds is 11. The fourth-order valence-corrected chi connectivity index (χ4v) is 5.30. The van der Waals surface area contributed by atoms with Crippen molar-refractivity contribution in [3.05, 3.63) is 115 Å². The summed E-state index contributed by atoms with van der Waals surface area (Å²) in [6.07, 6.45) is 3.29.